The first-order valence-corrected chi connectivity index (χ1v) is 6.56. The van der Waals surface area contributed by atoms with Crippen molar-refractivity contribution < 1.29 is 9.90 Å². The lowest BCUT2D eigenvalue weighted by molar-refractivity contribution is 0.0923. The summed E-state index contributed by atoms with van der Waals surface area (Å²) in [5.74, 6) is 0.0465. The van der Waals surface area contributed by atoms with Crippen LogP contribution in [0.3, 0.4) is 0 Å². The van der Waals surface area contributed by atoms with Crippen molar-refractivity contribution in [2.24, 2.45) is 0 Å². The van der Waals surface area contributed by atoms with Crippen LogP contribution < -0.4 is 10.6 Å². The van der Waals surface area contributed by atoms with Crippen molar-refractivity contribution >= 4 is 5.91 Å². The van der Waals surface area contributed by atoms with Gasteiger partial charge in [0.25, 0.3) is 5.91 Å². The summed E-state index contributed by atoms with van der Waals surface area (Å²) < 4.78 is 0. The summed E-state index contributed by atoms with van der Waals surface area (Å²) in [6, 6.07) is 7.89. The molecule has 0 aromatic heterocycles. The fraction of sp³-hybridized carbons (Fsp3) is 0.500. The van der Waals surface area contributed by atoms with Gasteiger partial charge in [-0.2, -0.15) is 0 Å². The minimum atomic E-state index is -0.0859. The number of fused-ring (bicyclic) bond motifs is 2. The van der Waals surface area contributed by atoms with Crippen LogP contribution >= 0.6 is 0 Å². The molecule has 0 aliphatic carbocycles. The molecule has 1 amide bonds. The van der Waals surface area contributed by atoms with Gasteiger partial charge in [0.1, 0.15) is 5.75 Å². The van der Waals surface area contributed by atoms with Crippen LogP contribution in [0.5, 0.6) is 5.75 Å². The fourth-order valence-electron chi connectivity index (χ4n) is 3.09. The Morgan fingerprint density at radius 3 is 2.67 bits per heavy atom. The first kappa shape index (κ1) is 11.5. The number of hydrogen-bond acceptors (Lipinski definition) is 3. The predicted molar refractivity (Wildman–Crippen MR) is 68.5 cm³/mol. The number of nitrogens with one attached hydrogen (secondary N) is 2. The molecule has 2 aliphatic rings. The van der Waals surface area contributed by atoms with Crippen LogP contribution in [0.4, 0.5) is 0 Å². The molecule has 96 valence electrons. The normalized spacial score (nSPS) is 30.1. The van der Waals surface area contributed by atoms with E-state index in [2.05, 4.69) is 10.6 Å². The Morgan fingerprint density at radius 1 is 1.28 bits per heavy atom. The highest BCUT2D eigenvalue weighted by molar-refractivity contribution is 5.94. The Morgan fingerprint density at radius 2 is 2.00 bits per heavy atom. The third-order valence-corrected chi connectivity index (χ3v) is 3.92. The second kappa shape index (κ2) is 4.61. The highest BCUT2D eigenvalue weighted by Gasteiger charge is 2.34. The molecule has 2 atom stereocenters. The molecule has 0 radical (unpaired) electrons. The lowest BCUT2D eigenvalue weighted by Gasteiger charge is -2.29. The average Bonchev–Trinajstić information content (AvgIpc) is 2.69. The molecule has 3 rings (SSSR count). The van der Waals surface area contributed by atoms with Gasteiger partial charge in [-0.25, -0.2) is 0 Å². The topological polar surface area (TPSA) is 61.4 Å². The van der Waals surface area contributed by atoms with Gasteiger partial charge >= 0.3 is 0 Å². The van der Waals surface area contributed by atoms with E-state index in [9.17, 15) is 9.90 Å². The predicted octanol–water partition coefficient (Wildman–Crippen LogP) is 1.40. The Balaban J connectivity index is 1.64. The number of rotatable bonds is 2. The van der Waals surface area contributed by atoms with Gasteiger partial charge in [0, 0.05) is 23.7 Å². The molecule has 0 spiro atoms. The largest absolute Gasteiger partial charge is 0.508 e. The van der Waals surface area contributed by atoms with Crippen molar-refractivity contribution in [3.05, 3.63) is 29.8 Å². The van der Waals surface area contributed by atoms with Gasteiger partial charge in [-0.05, 0) is 43.9 Å². The highest BCUT2D eigenvalue weighted by Crippen LogP contribution is 2.27. The molecule has 2 heterocycles. The summed E-state index contributed by atoms with van der Waals surface area (Å²) in [4.78, 5) is 12.1. The number of piperidine rings is 1. The van der Waals surface area contributed by atoms with E-state index in [1.807, 2.05) is 0 Å². The second-order valence-electron chi connectivity index (χ2n) is 5.33. The summed E-state index contributed by atoms with van der Waals surface area (Å²) in [6.07, 6.45) is 4.48. The second-order valence-corrected chi connectivity index (χ2v) is 5.33. The average molecular weight is 246 g/mol. The Labute approximate surface area is 106 Å². The number of aromatic hydroxyl groups is 1. The van der Waals surface area contributed by atoms with Gasteiger partial charge in [0.15, 0.2) is 0 Å². The molecule has 3 N–H and O–H groups in total. The molecule has 1 aromatic carbocycles. The molecule has 0 saturated carbocycles. The van der Waals surface area contributed by atoms with Crippen molar-refractivity contribution in [1.29, 1.82) is 0 Å². The van der Waals surface area contributed by atoms with E-state index in [0.29, 0.717) is 17.6 Å². The van der Waals surface area contributed by atoms with Crippen molar-refractivity contribution in [3.63, 3.8) is 0 Å². The van der Waals surface area contributed by atoms with E-state index in [-0.39, 0.29) is 17.7 Å². The van der Waals surface area contributed by atoms with Crippen molar-refractivity contribution in [2.45, 2.75) is 43.8 Å². The van der Waals surface area contributed by atoms with Crippen LogP contribution in [-0.4, -0.2) is 29.1 Å². The Bertz CT molecular complexity index is 449. The van der Waals surface area contributed by atoms with Crippen LogP contribution in [0.25, 0.3) is 0 Å². The number of amides is 1. The summed E-state index contributed by atoms with van der Waals surface area (Å²) in [7, 11) is 0. The van der Waals surface area contributed by atoms with Gasteiger partial charge in [0.05, 0.1) is 0 Å². The zero-order valence-electron chi connectivity index (χ0n) is 10.2. The minimum Gasteiger partial charge on any atom is -0.508 e. The fourth-order valence-corrected chi connectivity index (χ4v) is 3.09. The summed E-state index contributed by atoms with van der Waals surface area (Å²) in [5.41, 5.74) is 0.529. The van der Waals surface area contributed by atoms with Crippen LogP contribution in [0.1, 0.15) is 36.0 Å². The number of hydrogen-bond donors (Lipinski definition) is 3. The number of benzene rings is 1. The van der Waals surface area contributed by atoms with E-state index in [1.165, 1.54) is 18.9 Å². The number of phenols is 1. The zero-order chi connectivity index (χ0) is 12.5. The van der Waals surface area contributed by atoms with Gasteiger partial charge in [0.2, 0.25) is 0 Å². The SMILES string of the molecule is O=C(NC1CC2CCC(C1)N2)c1cccc(O)c1. The number of phenolic OH excluding ortho intramolecular Hbond substituents is 1. The molecular weight excluding hydrogens is 228 g/mol. The molecular formula is C14H18N2O2. The van der Waals surface area contributed by atoms with E-state index in [0.717, 1.165) is 12.8 Å². The first-order chi connectivity index (χ1) is 8.70. The monoisotopic (exact) mass is 246 g/mol. The van der Waals surface area contributed by atoms with Crippen molar-refractivity contribution in [3.8, 4) is 5.75 Å². The molecule has 2 aliphatic heterocycles. The standard InChI is InChI=1S/C14H18N2O2/c17-13-3-1-2-9(6-13)14(18)16-12-7-10-4-5-11(8-12)15-10/h1-3,6,10-12,15,17H,4-5,7-8H2,(H,16,18). The molecule has 18 heavy (non-hydrogen) atoms. The van der Waals surface area contributed by atoms with Gasteiger partial charge in [-0.15, -0.1) is 0 Å². The van der Waals surface area contributed by atoms with E-state index in [4.69, 9.17) is 0 Å². The quantitative estimate of drug-likeness (QED) is 0.739. The lowest BCUT2D eigenvalue weighted by Crippen LogP contribution is -2.48. The molecule has 1 aromatic rings. The third-order valence-electron chi connectivity index (χ3n) is 3.92. The van der Waals surface area contributed by atoms with E-state index < -0.39 is 0 Å². The smallest absolute Gasteiger partial charge is 0.251 e. The maximum Gasteiger partial charge on any atom is 0.251 e. The molecule has 2 bridgehead atoms. The van der Waals surface area contributed by atoms with Crippen molar-refractivity contribution in [2.75, 3.05) is 0 Å². The highest BCUT2D eigenvalue weighted by atomic mass is 16.3. The van der Waals surface area contributed by atoms with Crippen LogP contribution in [-0.2, 0) is 0 Å². The molecule has 2 saturated heterocycles. The van der Waals surface area contributed by atoms with Gasteiger partial charge in [-0.1, -0.05) is 6.07 Å². The Hall–Kier alpha value is -1.55. The summed E-state index contributed by atoms with van der Waals surface area (Å²) in [6.45, 7) is 0. The van der Waals surface area contributed by atoms with E-state index in [1.54, 1.807) is 18.2 Å². The zero-order valence-corrected chi connectivity index (χ0v) is 10.2. The maximum absolute atomic E-state index is 12.1. The minimum absolute atomic E-state index is 0.0859. The number of carbonyl (C=O) groups is 1. The molecule has 4 heteroatoms. The van der Waals surface area contributed by atoms with Crippen LogP contribution in [0.15, 0.2) is 24.3 Å². The molecule has 4 nitrogen and oxygen atoms in total. The Kier molecular flexibility index (Phi) is 2.96. The number of carbonyl (C=O) groups excluding carboxylic acids is 1. The summed E-state index contributed by atoms with van der Waals surface area (Å²) >= 11 is 0. The van der Waals surface area contributed by atoms with Crippen LogP contribution in [0, 0.1) is 0 Å². The first-order valence-electron chi connectivity index (χ1n) is 6.56. The molecule has 2 fully saturated rings. The van der Waals surface area contributed by atoms with Gasteiger partial charge in [-0.3, -0.25) is 4.79 Å². The molecule has 2 unspecified atom stereocenters. The van der Waals surface area contributed by atoms with Crippen molar-refractivity contribution in [1.82, 2.24) is 10.6 Å². The van der Waals surface area contributed by atoms with E-state index >= 15 is 0 Å². The van der Waals surface area contributed by atoms with Gasteiger partial charge < -0.3 is 15.7 Å². The summed E-state index contributed by atoms with van der Waals surface area (Å²) in [5, 5.41) is 16.0. The lowest BCUT2D eigenvalue weighted by atomic mass is 9.99. The van der Waals surface area contributed by atoms with Crippen LogP contribution in [0.2, 0.25) is 0 Å². The maximum atomic E-state index is 12.1. The third kappa shape index (κ3) is 2.34.